The Labute approximate surface area is 211 Å². The van der Waals surface area contributed by atoms with E-state index in [2.05, 4.69) is 10.3 Å². The lowest BCUT2D eigenvalue weighted by molar-refractivity contribution is -0.156. The van der Waals surface area contributed by atoms with Gasteiger partial charge in [-0.25, -0.2) is 14.2 Å². The number of thiophene rings is 1. The summed E-state index contributed by atoms with van der Waals surface area (Å²) >= 11 is 1.45. The van der Waals surface area contributed by atoms with Gasteiger partial charge in [0.05, 0.1) is 23.5 Å². The van der Waals surface area contributed by atoms with Crippen molar-refractivity contribution in [1.82, 2.24) is 15.0 Å². The van der Waals surface area contributed by atoms with E-state index in [4.69, 9.17) is 0 Å². The number of rotatable bonds is 7. The monoisotopic (exact) mass is 502 g/mol. The van der Waals surface area contributed by atoms with Gasteiger partial charge in [-0.3, -0.25) is 14.8 Å². The molecule has 0 saturated carbocycles. The Bertz CT molecular complexity index is 1450. The predicted molar refractivity (Wildman–Crippen MR) is 136 cm³/mol. The van der Waals surface area contributed by atoms with Gasteiger partial charge < -0.3 is 10.4 Å². The number of aliphatic carboxylic acids is 1. The molecule has 5 rings (SSSR count). The standard InChI is InChI=1S/C27H23FN4O3S/c1-2-31-26(33)24(30-22-14-29-13-18-5-3-4-6-21(18)22)23(27(34)35)25(19-11-12-36-16-19)32(31)15-17-7-9-20(28)10-8-17/h3-14,16,25,30H,2,15H2,1H3,(H,34,35). The third-order valence-corrected chi connectivity index (χ3v) is 6.88. The number of hydrogen-bond acceptors (Lipinski definition) is 6. The molecule has 2 N–H and O–H groups in total. The summed E-state index contributed by atoms with van der Waals surface area (Å²) in [6, 6.07) is 14.6. The fourth-order valence-electron chi connectivity index (χ4n) is 4.53. The zero-order valence-electron chi connectivity index (χ0n) is 19.4. The Morgan fingerprint density at radius 3 is 2.61 bits per heavy atom. The van der Waals surface area contributed by atoms with Crippen LogP contribution in [-0.2, 0) is 16.1 Å². The number of hydrazine groups is 1. The van der Waals surface area contributed by atoms with E-state index in [-0.39, 0.29) is 23.6 Å². The second-order valence-corrected chi connectivity index (χ2v) is 9.11. The summed E-state index contributed by atoms with van der Waals surface area (Å²) in [6.45, 7) is 2.37. The first-order chi connectivity index (χ1) is 17.5. The molecule has 0 fully saturated rings. The molecule has 3 heterocycles. The quantitative estimate of drug-likeness (QED) is 0.361. The van der Waals surface area contributed by atoms with E-state index in [1.54, 1.807) is 34.5 Å². The maximum atomic E-state index is 13.8. The van der Waals surface area contributed by atoms with Crippen LogP contribution < -0.4 is 5.32 Å². The van der Waals surface area contributed by atoms with Crippen LogP contribution in [-0.4, -0.2) is 38.5 Å². The molecule has 1 aliphatic heterocycles. The first kappa shape index (κ1) is 23.7. The number of benzene rings is 2. The number of aromatic nitrogens is 1. The van der Waals surface area contributed by atoms with Crippen molar-refractivity contribution in [3.63, 3.8) is 0 Å². The van der Waals surface area contributed by atoms with E-state index in [1.165, 1.54) is 23.5 Å². The van der Waals surface area contributed by atoms with Gasteiger partial charge in [0.2, 0.25) is 0 Å². The second kappa shape index (κ2) is 9.88. The van der Waals surface area contributed by atoms with Crippen LogP contribution in [0.1, 0.15) is 24.1 Å². The number of hydrogen-bond donors (Lipinski definition) is 2. The molecule has 1 atom stereocenters. The van der Waals surface area contributed by atoms with Crippen LogP contribution in [0.3, 0.4) is 0 Å². The third-order valence-electron chi connectivity index (χ3n) is 6.17. The smallest absolute Gasteiger partial charge is 0.335 e. The molecule has 0 saturated heterocycles. The number of fused-ring (bicyclic) bond motifs is 1. The lowest BCUT2D eigenvalue weighted by Gasteiger charge is -2.44. The topological polar surface area (TPSA) is 85.8 Å². The van der Waals surface area contributed by atoms with E-state index in [0.29, 0.717) is 12.2 Å². The van der Waals surface area contributed by atoms with Gasteiger partial charge in [0.15, 0.2) is 0 Å². The summed E-state index contributed by atoms with van der Waals surface area (Å²) in [4.78, 5) is 30.8. The van der Waals surface area contributed by atoms with E-state index >= 15 is 0 Å². The molecule has 7 nitrogen and oxygen atoms in total. The molecule has 1 unspecified atom stereocenters. The van der Waals surface area contributed by atoms with Crippen molar-refractivity contribution in [2.24, 2.45) is 0 Å². The SMILES string of the molecule is CCN1C(=O)C(Nc2cncc3ccccc23)=C(C(=O)O)C(c2ccsc2)N1Cc1ccc(F)cc1. The van der Waals surface area contributed by atoms with Gasteiger partial charge in [-0.05, 0) is 47.0 Å². The number of halogens is 1. The number of carbonyl (C=O) groups is 2. The lowest BCUT2D eigenvalue weighted by atomic mass is 9.94. The highest BCUT2D eigenvalue weighted by Gasteiger charge is 2.43. The number of carbonyl (C=O) groups excluding carboxylic acids is 1. The van der Waals surface area contributed by atoms with Crippen LogP contribution in [0.2, 0.25) is 0 Å². The second-order valence-electron chi connectivity index (χ2n) is 8.33. The maximum Gasteiger partial charge on any atom is 0.335 e. The van der Waals surface area contributed by atoms with Crippen LogP contribution in [0.4, 0.5) is 10.1 Å². The van der Waals surface area contributed by atoms with Crippen molar-refractivity contribution in [2.75, 3.05) is 11.9 Å². The molecule has 36 heavy (non-hydrogen) atoms. The predicted octanol–water partition coefficient (Wildman–Crippen LogP) is 5.21. The molecule has 0 radical (unpaired) electrons. The number of anilines is 1. The Kier molecular flexibility index (Phi) is 6.49. The molecule has 1 amide bonds. The molecule has 0 aliphatic carbocycles. The fraction of sp³-hybridized carbons (Fsp3) is 0.148. The average molecular weight is 503 g/mol. The van der Waals surface area contributed by atoms with E-state index in [1.807, 2.05) is 48.0 Å². The minimum atomic E-state index is -1.20. The van der Waals surface area contributed by atoms with Crippen LogP contribution >= 0.6 is 11.3 Å². The molecule has 1 aliphatic rings. The lowest BCUT2D eigenvalue weighted by Crippen LogP contribution is -2.54. The van der Waals surface area contributed by atoms with Crippen LogP contribution in [0.15, 0.2) is 89.0 Å². The first-order valence-electron chi connectivity index (χ1n) is 11.4. The molecular formula is C27H23FN4O3S. The minimum absolute atomic E-state index is 0.00550. The number of nitrogens with zero attached hydrogens (tertiary/aromatic N) is 3. The molecule has 0 spiro atoms. The van der Waals surface area contributed by atoms with Crippen molar-refractivity contribution < 1.29 is 19.1 Å². The van der Waals surface area contributed by atoms with Gasteiger partial charge in [0.1, 0.15) is 11.5 Å². The fourth-order valence-corrected chi connectivity index (χ4v) is 5.21. The van der Waals surface area contributed by atoms with Gasteiger partial charge in [-0.15, -0.1) is 0 Å². The van der Waals surface area contributed by atoms with Crippen LogP contribution in [0.25, 0.3) is 10.8 Å². The number of likely N-dealkylation sites (N-methyl/N-ethyl adjacent to an activating group) is 1. The van der Waals surface area contributed by atoms with Crippen LogP contribution in [0.5, 0.6) is 0 Å². The highest BCUT2D eigenvalue weighted by Crippen LogP contribution is 2.39. The number of carboxylic acids is 1. The van der Waals surface area contributed by atoms with Crippen molar-refractivity contribution in [3.05, 3.63) is 106 Å². The maximum absolute atomic E-state index is 13.8. The normalized spacial score (nSPS) is 16.6. The Hall–Kier alpha value is -4.08. The summed E-state index contributed by atoms with van der Waals surface area (Å²) in [7, 11) is 0. The van der Waals surface area contributed by atoms with Gasteiger partial charge in [0.25, 0.3) is 5.91 Å². The first-order valence-corrected chi connectivity index (χ1v) is 12.3. The van der Waals surface area contributed by atoms with E-state index in [0.717, 1.165) is 21.9 Å². The Morgan fingerprint density at radius 1 is 1.14 bits per heavy atom. The largest absolute Gasteiger partial charge is 0.478 e. The Balaban J connectivity index is 1.67. The summed E-state index contributed by atoms with van der Waals surface area (Å²) < 4.78 is 13.5. The highest BCUT2D eigenvalue weighted by atomic mass is 32.1. The zero-order valence-corrected chi connectivity index (χ0v) is 20.2. The van der Waals surface area contributed by atoms with Crippen molar-refractivity contribution in [3.8, 4) is 0 Å². The number of nitrogens with one attached hydrogen (secondary N) is 1. The summed E-state index contributed by atoms with van der Waals surface area (Å²) in [5, 5.41) is 22.3. The van der Waals surface area contributed by atoms with Crippen LogP contribution in [0, 0.1) is 5.82 Å². The average Bonchev–Trinajstić information content (AvgIpc) is 3.41. The van der Waals surface area contributed by atoms with Crippen molar-refractivity contribution in [2.45, 2.75) is 19.5 Å². The van der Waals surface area contributed by atoms with Gasteiger partial charge in [-0.2, -0.15) is 11.3 Å². The van der Waals surface area contributed by atoms with Gasteiger partial charge in [0, 0.05) is 30.1 Å². The molecule has 9 heteroatoms. The number of carboxylic acid groups (broad SMARTS) is 1. The third kappa shape index (κ3) is 4.34. The van der Waals surface area contributed by atoms with Gasteiger partial charge >= 0.3 is 5.97 Å². The summed E-state index contributed by atoms with van der Waals surface area (Å²) in [6.07, 6.45) is 3.30. The number of pyridine rings is 1. The molecule has 0 bridgehead atoms. The highest BCUT2D eigenvalue weighted by molar-refractivity contribution is 7.08. The molecule has 2 aromatic heterocycles. The zero-order chi connectivity index (χ0) is 25.2. The van der Waals surface area contributed by atoms with E-state index in [9.17, 15) is 19.1 Å². The summed E-state index contributed by atoms with van der Waals surface area (Å²) in [5.41, 5.74) is 1.98. The molecule has 2 aromatic carbocycles. The molecule has 182 valence electrons. The summed E-state index contributed by atoms with van der Waals surface area (Å²) in [5.74, 6) is -2.02. The number of amides is 1. The molecular weight excluding hydrogens is 479 g/mol. The minimum Gasteiger partial charge on any atom is -0.478 e. The van der Waals surface area contributed by atoms with Gasteiger partial charge in [-0.1, -0.05) is 36.4 Å². The van der Waals surface area contributed by atoms with Crippen molar-refractivity contribution >= 4 is 39.7 Å². The molecule has 4 aromatic rings. The Morgan fingerprint density at radius 2 is 1.92 bits per heavy atom. The van der Waals surface area contributed by atoms with E-state index < -0.39 is 17.9 Å². The van der Waals surface area contributed by atoms with Crippen molar-refractivity contribution in [1.29, 1.82) is 0 Å².